The van der Waals surface area contributed by atoms with E-state index in [-0.39, 0.29) is 17.5 Å². The van der Waals surface area contributed by atoms with E-state index >= 15 is 0 Å². The Morgan fingerprint density at radius 3 is 1.94 bits per heavy atom. The second kappa shape index (κ2) is 20.2. The molecule has 1 amide bonds. The number of amides is 1. The quantitative estimate of drug-likeness (QED) is 0.174. The zero-order valence-electron chi connectivity index (χ0n) is 18.7. The molecule has 0 aromatic rings. The number of halogens is 3. The standard InChI is InChI=1S/C22H38Cl3NO5/c1-2-22(16-20(28)8-11-24,17-30-14-4-3-6-19(27)7-10-23)18-31-15-5-13-26-21(29)9-12-25/h2-18H2,1H3,(H,26,29). The van der Waals surface area contributed by atoms with Gasteiger partial charge in [0, 0.05) is 74.9 Å². The van der Waals surface area contributed by atoms with E-state index in [1.807, 2.05) is 6.92 Å². The van der Waals surface area contributed by atoms with Gasteiger partial charge in [-0.1, -0.05) is 6.92 Å². The minimum Gasteiger partial charge on any atom is -0.381 e. The van der Waals surface area contributed by atoms with Crippen molar-refractivity contribution in [3.8, 4) is 0 Å². The third-order valence-electron chi connectivity index (χ3n) is 4.99. The molecule has 1 N–H and O–H groups in total. The zero-order valence-corrected chi connectivity index (χ0v) is 21.0. The van der Waals surface area contributed by atoms with Crippen molar-refractivity contribution in [2.45, 2.75) is 64.7 Å². The first-order valence-corrected chi connectivity index (χ1v) is 12.7. The molecule has 0 aliphatic carbocycles. The lowest BCUT2D eigenvalue weighted by Gasteiger charge is -2.32. The van der Waals surface area contributed by atoms with Gasteiger partial charge in [-0.05, 0) is 25.7 Å². The highest BCUT2D eigenvalue weighted by Crippen LogP contribution is 2.29. The smallest absolute Gasteiger partial charge is 0.221 e. The number of hydrogen-bond acceptors (Lipinski definition) is 5. The maximum atomic E-state index is 12.3. The van der Waals surface area contributed by atoms with Crippen molar-refractivity contribution in [2.75, 3.05) is 50.6 Å². The molecule has 0 saturated heterocycles. The van der Waals surface area contributed by atoms with E-state index in [0.717, 1.165) is 19.3 Å². The van der Waals surface area contributed by atoms with Crippen LogP contribution in [0.2, 0.25) is 0 Å². The lowest BCUT2D eigenvalue weighted by atomic mass is 9.81. The number of alkyl halides is 3. The van der Waals surface area contributed by atoms with Crippen molar-refractivity contribution in [3.05, 3.63) is 0 Å². The van der Waals surface area contributed by atoms with E-state index in [4.69, 9.17) is 44.3 Å². The summed E-state index contributed by atoms with van der Waals surface area (Å²) < 4.78 is 11.7. The van der Waals surface area contributed by atoms with Gasteiger partial charge in [-0.2, -0.15) is 0 Å². The van der Waals surface area contributed by atoms with Crippen LogP contribution in [0.3, 0.4) is 0 Å². The fourth-order valence-corrected chi connectivity index (χ4v) is 3.59. The van der Waals surface area contributed by atoms with Crippen molar-refractivity contribution in [2.24, 2.45) is 5.41 Å². The van der Waals surface area contributed by atoms with E-state index in [0.29, 0.717) is 89.1 Å². The summed E-state index contributed by atoms with van der Waals surface area (Å²) in [5.74, 6) is 1.19. The second-order valence-corrected chi connectivity index (χ2v) is 8.82. The average Bonchev–Trinajstić information content (AvgIpc) is 2.73. The molecule has 0 rings (SSSR count). The molecule has 182 valence electrons. The molecular formula is C22H38Cl3NO5. The maximum Gasteiger partial charge on any atom is 0.221 e. The molecule has 1 unspecified atom stereocenters. The summed E-state index contributed by atoms with van der Waals surface area (Å²) in [5.41, 5.74) is -0.403. The summed E-state index contributed by atoms with van der Waals surface area (Å²) in [6.45, 7) is 4.39. The minimum atomic E-state index is -0.403. The van der Waals surface area contributed by atoms with Crippen LogP contribution in [0.1, 0.15) is 64.7 Å². The Kier molecular flexibility index (Phi) is 20.0. The van der Waals surface area contributed by atoms with Gasteiger partial charge < -0.3 is 14.8 Å². The van der Waals surface area contributed by atoms with Crippen LogP contribution in [-0.2, 0) is 23.9 Å². The van der Waals surface area contributed by atoms with Crippen LogP contribution in [0, 0.1) is 5.41 Å². The Hall–Kier alpha value is -0.400. The number of carbonyl (C=O) groups excluding carboxylic acids is 3. The van der Waals surface area contributed by atoms with Crippen LogP contribution in [-0.4, -0.2) is 68.1 Å². The maximum absolute atomic E-state index is 12.3. The molecule has 9 heteroatoms. The monoisotopic (exact) mass is 501 g/mol. The molecule has 1 atom stereocenters. The molecule has 6 nitrogen and oxygen atoms in total. The molecule has 31 heavy (non-hydrogen) atoms. The third kappa shape index (κ3) is 16.8. The predicted molar refractivity (Wildman–Crippen MR) is 126 cm³/mol. The van der Waals surface area contributed by atoms with Gasteiger partial charge in [-0.3, -0.25) is 14.4 Å². The second-order valence-electron chi connectivity index (χ2n) is 7.69. The van der Waals surface area contributed by atoms with E-state index in [2.05, 4.69) is 5.32 Å². The number of Topliss-reactive ketones (excluding diaryl/α,β-unsaturated/α-hetero) is 2. The van der Waals surface area contributed by atoms with Crippen LogP contribution < -0.4 is 5.32 Å². The number of nitrogens with one attached hydrogen (secondary N) is 1. The van der Waals surface area contributed by atoms with Crippen molar-refractivity contribution in [3.63, 3.8) is 0 Å². The highest BCUT2D eigenvalue weighted by Gasteiger charge is 2.31. The molecule has 0 spiro atoms. The fourth-order valence-electron chi connectivity index (χ4n) is 3.00. The average molecular weight is 503 g/mol. The van der Waals surface area contributed by atoms with Crippen molar-refractivity contribution in [1.29, 1.82) is 0 Å². The predicted octanol–water partition coefficient (Wildman–Crippen LogP) is 4.51. The van der Waals surface area contributed by atoms with Gasteiger partial charge in [0.05, 0.1) is 13.2 Å². The first-order valence-electron chi connectivity index (χ1n) is 11.1. The first kappa shape index (κ1) is 30.6. The lowest BCUT2D eigenvalue weighted by Crippen LogP contribution is -2.35. The van der Waals surface area contributed by atoms with Gasteiger partial charge in [-0.25, -0.2) is 0 Å². The van der Waals surface area contributed by atoms with Crippen LogP contribution in [0.25, 0.3) is 0 Å². The van der Waals surface area contributed by atoms with Gasteiger partial charge >= 0.3 is 0 Å². The number of ketones is 2. The highest BCUT2D eigenvalue weighted by atomic mass is 35.5. The summed E-state index contributed by atoms with van der Waals surface area (Å²) in [6, 6.07) is 0. The first-order chi connectivity index (χ1) is 14.9. The van der Waals surface area contributed by atoms with Gasteiger partial charge in [0.2, 0.25) is 5.91 Å². The SMILES string of the molecule is CCC(COCCCCC(=O)CCCl)(COCCCNC(=O)CCCl)CC(=O)CCCl. The highest BCUT2D eigenvalue weighted by molar-refractivity contribution is 6.19. The normalized spacial score (nSPS) is 13.0. The Balaban J connectivity index is 4.40. The van der Waals surface area contributed by atoms with Gasteiger partial charge in [-0.15, -0.1) is 34.8 Å². The number of ether oxygens (including phenoxy) is 2. The van der Waals surface area contributed by atoms with Crippen LogP contribution in [0.4, 0.5) is 0 Å². The fraction of sp³-hybridized carbons (Fsp3) is 0.864. The van der Waals surface area contributed by atoms with E-state index < -0.39 is 5.41 Å². The minimum absolute atomic E-state index is 0.0673. The summed E-state index contributed by atoms with van der Waals surface area (Å²) >= 11 is 16.8. The molecule has 0 aliphatic rings. The molecule has 0 radical (unpaired) electrons. The molecule has 0 heterocycles. The van der Waals surface area contributed by atoms with Crippen molar-refractivity contribution >= 4 is 52.3 Å². The Labute approximate surface area is 202 Å². The van der Waals surface area contributed by atoms with E-state index in [1.165, 1.54) is 0 Å². The van der Waals surface area contributed by atoms with Gasteiger partial charge in [0.15, 0.2) is 0 Å². The number of hydrogen-bond donors (Lipinski definition) is 1. The summed E-state index contributed by atoms with van der Waals surface area (Å²) in [5, 5.41) is 2.79. The number of carbonyl (C=O) groups is 3. The lowest BCUT2D eigenvalue weighted by molar-refractivity contribution is -0.125. The molecule has 0 aromatic carbocycles. The zero-order chi connectivity index (χ0) is 23.4. The Morgan fingerprint density at radius 1 is 0.774 bits per heavy atom. The van der Waals surface area contributed by atoms with E-state index in [1.54, 1.807) is 0 Å². The Morgan fingerprint density at radius 2 is 1.35 bits per heavy atom. The van der Waals surface area contributed by atoms with Crippen molar-refractivity contribution in [1.82, 2.24) is 5.32 Å². The number of rotatable bonds is 22. The van der Waals surface area contributed by atoms with Crippen LogP contribution in [0.5, 0.6) is 0 Å². The largest absolute Gasteiger partial charge is 0.381 e. The molecular weight excluding hydrogens is 465 g/mol. The molecule has 0 aliphatic heterocycles. The topological polar surface area (TPSA) is 81.7 Å². The molecule has 0 saturated carbocycles. The summed E-state index contributed by atoms with van der Waals surface area (Å²) in [4.78, 5) is 35.2. The van der Waals surface area contributed by atoms with Crippen molar-refractivity contribution < 1.29 is 23.9 Å². The molecule has 0 fully saturated rings. The van der Waals surface area contributed by atoms with Gasteiger partial charge in [0.25, 0.3) is 0 Å². The van der Waals surface area contributed by atoms with Gasteiger partial charge in [0.1, 0.15) is 11.6 Å². The van der Waals surface area contributed by atoms with Crippen LogP contribution >= 0.6 is 34.8 Å². The summed E-state index contributed by atoms with van der Waals surface area (Å²) in [7, 11) is 0. The molecule has 0 bridgehead atoms. The van der Waals surface area contributed by atoms with E-state index in [9.17, 15) is 14.4 Å². The number of unbranched alkanes of at least 4 members (excludes halogenated alkanes) is 1. The summed E-state index contributed by atoms with van der Waals surface area (Å²) in [6.07, 6.45) is 4.91. The Bertz CT molecular complexity index is 476. The van der Waals surface area contributed by atoms with Crippen LogP contribution in [0.15, 0.2) is 0 Å². The molecule has 0 aromatic heterocycles. The third-order valence-corrected chi connectivity index (χ3v) is 5.56.